The standard InChI is InChI=1S/C40H40N6O9/c1-25-11-9-10-16-30(25)43-38(54)41-22-26-17-19-29(20-18-26)40(2)37(53)45(39(55)46(40)23-27-12-5-3-6-13-27)24-32(47)42-31(21-33(48)49)35(50)44-34(36(51)52)28-14-7-4-8-15-28/h3-20,31,34H,21-24H2,1-2H3,(H,42,47)(H,44,50)(H,48,49)(H,51,52)(H2,41,43,54)/t31-,34-,40?/m0/s1. The first-order chi connectivity index (χ1) is 26.3. The molecule has 0 saturated carbocycles. The van der Waals surface area contributed by atoms with Gasteiger partial charge in [-0.05, 0) is 47.7 Å². The first-order valence-corrected chi connectivity index (χ1v) is 17.2. The number of urea groups is 2. The molecule has 4 aromatic carbocycles. The third-order valence-corrected chi connectivity index (χ3v) is 9.21. The summed E-state index contributed by atoms with van der Waals surface area (Å²) in [5.41, 5.74) is 1.99. The van der Waals surface area contributed by atoms with E-state index in [-0.39, 0.29) is 18.7 Å². The highest BCUT2D eigenvalue weighted by Gasteiger charge is 2.55. The van der Waals surface area contributed by atoms with Crippen LogP contribution in [0.5, 0.6) is 0 Å². The van der Waals surface area contributed by atoms with Crippen LogP contribution in [0.2, 0.25) is 0 Å². The van der Waals surface area contributed by atoms with Crippen LogP contribution in [0.1, 0.15) is 47.2 Å². The lowest BCUT2D eigenvalue weighted by Crippen LogP contribution is -2.52. The Balaban J connectivity index is 1.33. The number of rotatable bonds is 15. The van der Waals surface area contributed by atoms with Crippen molar-refractivity contribution < 1.29 is 43.8 Å². The average molecular weight is 749 g/mol. The molecule has 55 heavy (non-hydrogen) atoms. The zero-order valence-corrected chi connectivity index (χ0v) is 30.0. The number of amides is 7. The van der Waals surface area contributed by atoms with Gasteiger partial charge in [0.05, 0.1) is 6.42 Å². The Bertz CT molecular complexity index is 2080. The number of hydrogen-bond donors (Lipinski definition) is 6. The number of carboxylic acids is 2. The molecule has 3 atom stereocenters. The second-order valence-electron chi connectivity index (χ2n) is 13.0. The molecular weight excluding hydrogens is 708 g/mol. The predicted molar refractivity (Wildman–Crippen MR) is 199 cm³/mol. The summed E-state index contributed by atoms with van der Waals surface area (Å²) >= 11 is 0. The molecule has 0 aromatic heterocycles. The van der Waals surface area contributed by atoms with E-state index in [9.17, 15) is 43.8 Å². The van der Waals surface area contributed by atoms with Gasteiger partial charge in [-0.15, -0.1) is 0 Å². The first-order valence-electron chi connectivity index (χ1n) is 17.2. The van der Waals surface area contributed by atoms with Crippen LogP contribution in [0.15, 0.2) is 109 Å². The van der Waals surface area contributed by atoms with Crippen molar-refractivity contribution in [1.82, 2.24) is 25.8 Å². The van der Waals surface area contributed by atoms with Crippen LogP contribution in [-0.2, 0) is 42.6 Å². The van der Waals surface area contributed by atoms with E-state index in [4.69, 9.17) is 0 Å². The van der Waals surface area contributed by atoms with Crippen molar-refractivity contribution in [3.8, 4) is 0 Å². The van der Waals surface area contributed by atoms with Gasteiger partial charge >= 0.3 is 24.0 Å². The Kier molecular flexibility index (Phi) is 12.3. The molecule has 0 bridgehead atoms. The normalized spacial score (nSPS) is 16.2. The highest BCUT2D eigenvalue weighted by molar-refractivity contribution is 6.09. The third kappa shape index (κ3) is 9.32. The molecule has 15 nitrogen and oxygen atoms in total. The van der Waals surface area contributed by atoms with Crippen molar-refractivity contribution in [3.05, 3.63) is 137 Å². The number of hydrogen-bond acceptors (Lipinski definition) is 7. The van der Waals surface area contributed by atoms with E-state index >= 15 is 0 Å². The van der Waals surface area contributed by atoms with Gasteiger partial charge in [-0.2, -0.15) is 0 Å². The van der Waals surface area contributed by atoms with Crippen LogP contribution < -0.4 is 21.3 Å². The Morgan fingerprint density at radius 3 is 2.00 bits per heavy atom. The summed E-state index contributed by atoms with van der Waals surface area (Å²) < 4.78 is 0. The number of imide groups is 1. The van der Waals surface area contributed by atoms with Crippen molar-refractivity contribution in [2.24, 2.45) is 0 Å². The summed E-state index contributed by atoms with van der Waals surface area (Å²) in [4.78, 5) is 93.0. The summed E-state index contributed by atoms with van der Waals surface area (Å²) in [5.74, 6) is -5.75. The number of carbonyl (C=O) groups excluding carboxylic acids is 5. The second kappa shape index (κ2) is 17.2. The average Bonchev–Trinajstić information content (AvgIpc) is 3.34. The van der Waals surface area contributed by atoms with Crippen LogP contribution in [-0.4, -0.2) is 74.3 Å². The number of aliphatic carboxylic acids is 2. The van der Waals surface area contributed by atoms with Gasteiger partial charge in [0.2, 0.25) is 11.8 Å². The Morgan fingerprint density at radius 2 is 1.38 bits per heavy atom. The van der Waals surface area contributed by atoms with E-state index in [0.717, 1.165) is 10.5 Å². The molecule has 1 unspecified atom stereocenters. The maximum atomic E-state index is 14.2. The minimum Gasteiger partial charge on any atom is -0.481 e. The van der Waals surface area contributed by atoms with Gasteiger partial charge in [0, 0.05) is 18.8 Å². The number of carboxylic acid groups (broad SMARTS) is 2. The van der Waals surface area contributed by atoms with Gasteiger partial charge in [-0.25, -0.2) is 14.4 Å². The van der Waals surface area contributed by atoms with Gasteiger partial charge in [-0.1, -0.05) is 103 Å². The molecule has 0 aliphatic carbocycles. The summed E-state index contributed by atoms with van der Waals surface area (Å²) in [6.45, 7) is 2.71. The number of aryl methyl sites for hydroxylation is 1. The molecule has 1 saturated heterocycles. The monoisotopic (exact) mass is 748 g/mol. The molecule has 284 valence electrons. The lowest BCUT2D eigenvalue weighted by Gasteiger charge is -2.32. The summed E-state index contributed by atoms with van der Waals surface area (Å²) in [5, 5.41) is 29.3. The van der Waals surface area contributed by atoms with Crippen LogP contribution in [0, 0.1) is 6.92 Å². The highest BCUT2D eigenvalue weighted by Crippen LogP contribution is 2.38. The van der Waals surface area contributed by atoms with Crippen molar-refractivity contribution in [2.75, 3.05) is 11.9 Å². The molecule has 6 N–H and O–H groups in total. The fourth-order valence-corrected chi connectivity index (χ4v) is 6.17. The zero-order valence-electron chi connectivity index (χ0n) is 30.0. The molecule has 1 fully saturated rings. The van der Waals surface area contributed by atoms with E-state index in [2.05, 4.69) is 21.3 Å². The number of benzene rings is 4. The van der Waals surface area contributed by atoms with Gasteiger partial charge in [0.25, 0.3) is 5.91 Å². The maximum Gasteiger partial charge on any atom is 0.330 e. The van der Waals surface area contributed by atoms with E-state index in [0.29, 0.717) is 22.4 Å². The molecule has 0 spiro atoms. The number of para-hydroxylation sites is 1. The van der Waals surface area contributed by atoms with Crippen molar-refractivity contribution in [1.29, 1.82) is 0 Å². The van der Waals surface area contributed by atoms with Gasteiger partial charge in [0.1, 0.15) is 18.1 Å². The molecule has 1 aliphatic heterocycles. The topological polar surface area (TPSA) is 215 Å². The molecular formula is C40H40N6O9. The molecule has 4 aromatic rings. The Labute approximate surface area is 316 Å². The van der Waals surface area contributed by atoms with Crippen molar-refractivity contribution >= 4 is 47.4 Å². The van der Waals surface area contributed by atoms with Crippen molar-refractivity contribution in [2.45, 2.75) is 51.0 Å². The van der Waals surface area contributed by atoms with Crippen molar-refractivity contribution in [3.63, 3.8) is 0 Å². The molecule has 0 radical (unpaired) electrons. The molecule has 15 heteroatoms. The fraction of sp³-hybridized carbons (Fsp3) is 0.225. The number of nitrogens with zero attached hydrogens (tertiary/aromatic N) is 2. The van der Waals surface area contributed by atoms with E-state index in [1.807, 2.05) is 25.1 Å². The molecule has 1 heterocycles. The third-order valence-electron chi connectivity index (χ3n) is 9.21. The lowest BCUT2D eigenvalue weighted by molar-refractivity contribution is -0.144. The van der Waals surface area contributed by atoms with E-state index in [1.165, 1.54) is 17.0 Å². The number of anilines is 1. The molecule has 1 aliphatic rings. The van der Waals surface area contributed by atoms with Gasteiger partial charge in [0.15, 0.2) is 6.04 Å². The largest absolute Gasteiger partial charge is 0.481 e. The fourth-order valence-electron chi connectivity index (χ4n) is 6.17. The minimum absolute atomic E-state index is 0.0114. The summed E-state index contributed by atoms with van der Waals surface area (Å²) in [6.07, 6.45) is -0.910. The van der Waals surface area contributed by atoms with Crippen LogP contribution in [0.4, 0.5) is 15.3 Å². The summed E-state index contributed by atoms with van der Waals surface area (Å²) in [7, 11) is 0. The Hall–Kier alpha value is -7.03. The van der Waals surface area contributed by atoms with Gasteiger partial charge in [-0.3, -0.25) is 24.1 Å². The Morgan fingerprint density at radius 1 is 0.764 bits per heavy atom. The lowest BCUT2D eigenvalue weighted by atomic mass is 9.89. The number of carbonyl (C=O) groups is 7. The van der Waals surface area contributed by atoms with Crippen LogP contribution >= 0.6 is 0 Å². The smallest absolute Gasteiger partial charge is 0.330 e. The van der Waals surface area contributed by atoms with Crippen LogP contribution in [0.3, 0.4) is 0 Å². The summed E-state index contributed by atoms with van der Waals surface area (Å²) in [6, 6.07) is 26.2. The maximum absolute atomic E-state index is 14.2. The minimum atomic E-state index is -1.74. The zero-order chi connectivity index (χ0) is 39.7. The van der Waals surface area contributed by atoms with Crippen LogP contribution in [0.25, 0.3) is 0 Å². The van der Waals surface area contributed by atoms with Gasteiger partial charge < -0.3 is 36.4 Å². The number of nitrogens with one attached hydrogen (secondary N) is 4. The highest BCUT2D eigenvalue weighted by atomic mass is 16.4. The van der Waals surface area contributed by atoms with E-state index < -0.39 is 72.3 Å². The first kappa shape index (κ1) is 39.2. The second-order valence-corrected chi connectivity index (χ2v) is 13.0. The quantitative estimate of drug-likeness (QED) is 0.0972. The molecule has 5 rings (SSSR count). The van der Waals surface area contributed by atoms with E-state index in [1.54, 1.807) is 85.8 Å². The molecule has 7 amide bonds. The predicted octanol–water partition coefficient (Wildman–Crippen LogP) is 3.90. The SMILES string of the molecule is Cc1ccccc1NC(=O)NCc1ccc(C2(C)C(=O)N(CC(=O)N[C@@H](CC(=O)O)C(=O)N[C@H](C(=O)O)c3ccccc3)C(=O)N2Cc2ccccc2)cc1.